The van der Waals surface area contributed by atoms with Gasteiger partial charge in [0, 0.05) is 43.9 Å². The van der Waals surface area contributed by atoms with Gasteiger partial charge < -0.3 is 19.9 Å². The topological polar surface area (TPSA) is 83.5 Å². The fourth-order valence-corrected chi connectivity index (χ4v) is 2.71. The molecule has 1 fully saturated rings. The Morgan fingerprint density at radius 2 is 1.78 bits per heavy atom. The number of piperazine rings is 1. The lowest BCUT2D eigenvalue weighted by atomic mass is 9.96. The summed E-state index contributed by atoms with van der Waals surface area (Å²) in [5, 5.41) is 2.85. The molecule has 2 aromatic rings. The molecule has 0 aliphatic carbocycles. The van der Waals surface area contributed by atoms with Crippen molar-refractivity contribution in [1.29, 1.82) is 0 Å². The van der Waals surface area contributed by atoms with E-state index in [0.717, 1.165) is 31.9 Å². The minimum absolute atomic E-state index is 0.0466. The standard InChI is InChI=1S/C19H26N6O2/c1-19(2,3)17(26)22-15-6-5-14(13-21-15)24-9-11-25(12-10-24)18-20-8-7-16(23-18)27-4/h5-8,13H,9-12H2,1-4H3,(H,21,22,26). The fourth-order valence-electron chi connectivity index (χ4n) is 2.71. The average Bonchev–Trinajstić information content (AvgIpc) is 2.68. The molecule has 1 aliphatic rings. The van der Waals surface area contributed by atoms with E-state index in [1.807, 2.05) is 32.9 Å². The van der Waals surface area contributed by atoms with E-state index in [0.29, 0.717) is 17.6 Å². The summed E-state index contributed by atoms with van der Waals surface area (Å²) in [6, 6.07) is 5.57. The quantitative estimate of drug-likeness (QED) is 0.883. The number of methoxy groups -OCH3 is 1. The third kappa shape index (κ3) is 4.64. The number of hydrogen-bond donors (Lipinski definition) is 1. The molecule has 0 saturated carbocycles. The minimum Gasteiger partial charge on any atom is -0.481 e. The SMILES string of the molecule is COc1ccnc(N2CCN(c3ccc(NC(=O)C(C)(C)C)nc3)CC2)n1. The third-order valence-corrected chi connectivity index (χ3v) is 4.42. The van der Waals surface area contributed by atoms with Crippen LogP contribution in [0.5, 0.6) is 5.88 Å². The number of amides is 1. The molecule has 8 nitrogen and oxygen atoms in total. The van der Waals surface area contributed by atoms with Crippen LogP contribution in [0.2, 0.25) is 0 Å². The lowest BCUT2D eigenvalue weighted by molar-refractivity contribution is -0.123. The smallest absolute Gasteiger partial charge is 0.230 e. The lowest BCUT2D eigenvalue weighted by Crippen LogP contribution is -2.47. The molecule has 3 heterocycles. The molecule has 1 saturated heterocycles. The minimum atomic E-state index is -0.446. The van der Waals surface area contributed by atoms with Crippen molar-refractivity contribution < 1.29 is 9.53 Å². The van der Waals surface area contributed by atoms with Crippen LogP contribution in [0.3, 0.4) is 0 Å². The summed E-state index contributed by atoms with van der Waals surface area (Å²) >= 11 is 0. The molecular weight excluding hydrogens is 344 g/mol. The normalized spacial score (nSPS) is 14.8. The van der Waals surface area contributed by atoms with E-state index in [2.05, 4.69) is 30.1 Å². The molecule has 1 aliphatic heterocycles. The lowest BCUT2D eigenvalue weighted by Gasteiger charge is -2.35. The summed E-state index contributed by atoms with van der Waals surface area (Å²) in [5.74, 6) is 1.78. The maximum atomic E-state index is 12.0. The van der Waals surface area contributed by atoms with E-state index in [9.17, 15) is 4.79 Å². The van der Waals surface area contributed by atoms with Gasteiger partial charge in [-0.1, -0.05) is 20.8 Å². The molecular formula is C19H26N6O2. The Kier molecular flexibility index (Phi) is 5.43. The van der Waals surface area contributed by atoms with Crippen LogP contribution in [0.25, 0.3) is 0 Å². The molecule has 1 N–H and O–H groups in total. The monoisotopic (exact) mass is 370 g/mol. The molecule has 0 bridgehead atoms. The maximum Gasteiger partial charge on any atom is 0.230 e. The predicted octanol–water partition coefficient (Wildman–Crippen LogP) is 2.19. The van der Waals surface area contributed by atoms with Gasteiger partial charge in [-0.25, -0.2) is 9.97 Å². The van der Waals surface area contributed by atoms with Gasteiger partial charge in [0.1, 0.15) is 5.82 Å². The van der Waals surface area contributed by atoms with Crippen LogP contribution in [-0.2, 0) is 4.79 Å². The molecule has 0 radical (unpaired) electrons. The van der Waals surface area contributed by atoms with Gasteiger partial charge in [-0.05, 0) is 12.1 Å². The second-order valence-electron chi connectivity index (χ2n) is 7.48. The zero-order valence-corrected chi connectivity index (χ0v) is 16.3. The molecule has 0 unspecified atom stereocenters. The summed E-state index contributed by atoms with van der Waals surface area (Å²) in [4.78, 5) is 29.6. The van der Waals surface area contributed by atoms with Gasteiger partial charge in [0.2, 0.25) is 17.7 Å². The van der Waals surface area contributed by atoms with Gasteiger partial charge in [-0.3, -0.25) is 4.79 Å². The van der Waals surface area contributed by atoms with Gasteiger partial charge in [0.15, 0.2) is 0 Å². The Labute approximate surface area is 159 Å². The molecule has 0 aromatic carbocycles. The van der Waals surface area contributed by atoms with E-state index >= 15 is 0 Å². The zero-order chi connectivity index (χ0) is 19.4. The number of carbonyl (C=O) groups is 1. The maximum absolute atomic E-state index is 12.0. The molecule has 1 amide bonds. The summed E-state index contributed by atoms with van der Waals surface area (Å²) in [6.45, 7) is 8.95. The molecule has 3 rings (SSSR count). The highest BCUT2D eigenvalue weighted by atomic mass is 16.5. The van der Waals surface area contributed by atoms with Crippen LogP contribution in [0, 0.1) is 5.41 Å². The van der Waals surface area contributed by atoms with Crippen molar-refractivity contribution in [2.45, 2.75) is 20.8 Å². The number of anilines is 3. The largest absolute Gasteiger partial charge is 0.481 e. The second-order valence-corrected chi connectivity index (χ2v) is 7.48. The van der Waals surface area contributed by atoms with Gasteiger partial charge in [-0.15, -0.1) is 0 Å². The van der Waals surface area contributed by atoms with Crippen molar-refractivity contribution in [1.82, 2.24) is 15.0 Å². The van der Waals surface area contributed by atoms with Crippen LogP contribution in [0.4, 0.5) is 17.5 Å². The van der Waals surface area contributed by atoms with Crippen molar-refractivity contribution in [3.8, 4) is 5.88 Å². The Hall–Kier alpha value is -2.90. The first kappa shape index (κ1) is 18.9. The summed E-state index contributed by atoms with van der Waals surface area (Å²) < 4.78 is 5.17. The summed E-state index contributed by atoms with van der Waals surface area (Å²) in [7, 11) is 1.60. The summed E-state index contributed by atoms with van der Waals surface area (Å²) in [5.41, 5.74) is 0.591. The Morgan fingerprint density at radius 3 is 2.37 bits per heavy atom. The van der Waals surface area contributed by atoms with Crippen molar-refractivity contribution >= 4 is 23.4 Å². The van der Waals surface area contributed by atoms with Crippen LogP contribution in [-0.4, -0.2) is 54.1 Å². The van der Waals surface area contributed by atoms with Crippen LogP contribution in [0.15, 0.2) is 30.6 Å². The number of nitrogens with zero attached hydrogens (tertiary/aromatic N) is 5. The number of hydrogen-bond acceptors (Lipinski definition) is 7. The number of aromatic nitrogens is 3. The number of nitrogens with one attached hydrogen (secondary N) is 1. The number of carbonyl (C=O) groups excluding carboxylic acids is 1. The molecule has 144 valence electrons. The number of rotatable bonds is 4. The van der Waals surface area contributed by atoms with Crippen LogP contribution < -0.4 is 19.9 Å². The zero-order valence-electron chi connectivity index (χ0n) is 16.3. The molecule has 0 atom stereocenters. The van der Waals surface area contributed by atoms with E-state index in [1.165, 1.54) is 0 Å². The van der Waals surface area contributed by atoms with Crippen molar-refractivity contribution in [3.05, 3.63) is 30.6 Å². The third-order valence-electron chi connectivity index (χ3n) is 4.42. The van der Waals surface area contributed by atoms with E-state index in [4.69, 9.17) is 4.74 Å². The number of ether oxygens (including phenoxy) is 1. The summed E-state index contributed by atoms with van der Waals surface area (Å²) in [6.07, 6.45) is 3.51. The molecule has 27 heavy (non-hydrogen) atoms. The van der Waals surface area contributed by atoms with Gasteiger partial charge in [0.25, 0.3) is 0 Å². The molecule has 8 heteroatoms. The Morgan fingerprint density at radius 1 is 1.07 bits per heavy atom. The van der Waals surface area contributed by atoms with Crippen molar-refractivity contribution in [2.24, 2.45) is 5.41 Å². The molecule has 2 aromatic heterocycles. The van der Waals surface area contributed by atoms with Gasteiger partial charge >= 0.3 is 0 Å². The first-order chi connectivity index (χ1) is 12.9. The highest BCUT2D eigenvalue weighted by Crippen LogP contribution is 2.21. The van der Waals surface area contributed by atoms with Gasteiger partial charge in [0.05, 0.1) is 19.0 Å². The van der Waals surface area contributed by atoms with Crippen LogP contribution in [0.1, 0.15) is 20.8 Å². The Balaban J connectivity index is 1.58. The Bertz CT molecular complexity index is 780. The van der Waals surface area contributed by atoms with E-state index in [-0.39, 0.29) is 5.91 Å². The van der Waals surface area contributed by atoms with E-state index < -0.39 is 5.41 Å². The van der Waals surface area contributed by atoms with Crippen molar-refractivity contribution in [3.63, 3.8) is 0 Å². The first-order valence-electron chi connectivity index (χ1n) is 9.01. The van der Waals surface area contributed by atoms with Crippen molar-refractivity contribution in [2.75, 3.05) is 48.4 Å². The number of pyridine rings is 1. The fraction of sp³-hybridized carbons (Fsp3) is 0.474. The predicted molar refractivity (Wildman–Crippen MR) is 105 cm³/mol. The molecule has 0 spiro atoms. The second kappa shape index (κ2) is 7.77. The first-order valence-corrected chi connectivity index (χ1v) is 9.01. The van der Waals surface area contributed by atoms with Crippen LogP contribution >= 0.6 is 0 Å². The average molecular weight is 370 g/mol. The van der Waals surface area contributed by atoms with E-state index in [1.54, 1.807) is 25.6 Å². The highest BCUT2D eigenvalue weighted by Gasteiger charge is 2.22. The van der Waals surface area contributed by atoms with Gasteiger partial charge in [-0.2, -0.15) is 4.98 Å². The highest BCUT2D eigenvalue weighted by molar-refractivity contribution is 5.93.